The van der Waals surface area contributed by atoms with E-state index in [9.17, 15) is 9.90 Å². The van der Waals surface area contributed by atoms with Gasteiger partial charge in [0.05, 0.1) is 0 Å². The van der Waals surface area contributed by atoms with Gasteiger partial charge in [0.1, 0.15) is 6.04 Å². The van der Waals surface area contributed by atoms with E-state index in [4.69, 9.17) is 4.98 Å². The first-order valence-corrected chi connectivity index (χ1v) is 12.4. The third-order valence-electron chi connectivity index (χ3n) is 7.79. The van der Waals surface area contributed by atoms with Gasteiger partial charge in [-0.1, -0.05) is 36.4 Å². The molecule has 0 spiro atoms. The van der Waals surface area contributed by atoms with Crippen LogP contribution in [-0.2, 0) is 24.1 Å². The number of carboxylic acid groups (broad SMARTS) is 1. The molecule has 0 unspecified atom stereocenters. The van der Waals surface area contributed by atoms with Gasteiger partial charge < -0.3 is 5.11 Å². The highest BCUT2D eigenvalue weighted by Crippen LogP contribution is 2.31. The maximum Gasteiger partial charge on any atom is 0.325 e. The number of carbonyl (C=O) groups is 1. The van der Waals surface area contributed by atoms with Crippen LogP contribution >= 0.6 is 0 Å². The van der Waals surface area contributed by atoms with Gasteiger partial charge >= 0.3 is 5.97 Å². The van der Waals surface area contributed by atoms with E-state index < -0.39 is 12.0 Å². The fourth-order valence-electron chi connectivity index (χ4n) is 5.99. The van der Waals surface area contributed by atoms with E-state index in [1.54, 1.807) is 0 Å². The predicted octanol–water partition coefficient (Wildman–Crippen LogP) is 4.12. The summed E-state index contributed by atoms with van der Waals surface area (Å²) in [5.74, 6) is -0.0139. The molecule has 0 radical (unpaired) electrons. The molecule has 1 aromatic carbocycles. The Kier molecular flexibility index (Phi) is 6.56. The monoisotopic (exact) mass is 433 g/mol. The molecule has 0 amide bonds. The molecule has 170 valence electrons. The van der Waals surface area contributed by atoms with Gasteiger partial charge in [0.2, 0.25) is 0 Å². The van der Waals surface area contributed by atoms with E-state index in [-0.39, 0.29) is 0 Å². The van der Waals surface area contributed by atoms with Crippen LogP contribution in [0.5, 0.6) is 0 Å². The van der Waals surface area contributed by atoms with Crippen molar-refractivity contribution >= 4 is 5.97 Å². The number of fused-ring (bicyclic) bond motifs is 1. The first kappa shape index (κ1) is 21.6. The number of hydrogen-bond acceptors (Lipinski definition) is 4. The second-order valence-corrected chi connectivity index (χ2v) is 9.89. The van der Waals surface area contributed by atoms with E-state index in [1.807, 2.05) is 30.3 Å². The van der Waals surface area contributed by atoms with Crippen molar-refractivity contribution in [1.82, 2.24) is 14.8 Å². The minimum atomic E-state index is -0.742. The lowest BCUT2D eigenvalue weighted by Gasteiger charge is -2.27. The highest BCUT2D eigenvalue weighted by Gasteiger charge is 2.37. The van der Waals surface area contributed by atoms with E-state index in [1.165, 1.54) is 49.1 Å². The van der Waals surface area contributed by atoms with Crippen LogP contribution in [0, 0.1) is 5.92 Å². The minimum absolute atomic E-state index is 0.479. The van der Waals surface area contributed by atoms with Crippen LogP contribution in [0.25, 0.3) is 0 Å². The Morgan fingerprint density at radius 1 is 1.03 bits per heavy atom. The summed E-state index contributed by atoms with van der Waals surface area (Å²) in [5, 5.41) is 9.87. The summed E-state index contributed by atoms with van der Waals surface area (Å²) in [6, 6.07) is 14.2. The first-order chi connectivity index (χ1) is 15.7. The van der Waals surface area contributed by atoms with Crippen molar-refractivity contribution in [1.29, 1.82) is 0 Å². The summed E-state index contributed by atoms with van der Waals surface area (Å²) in [7, 11) is 0. The average molecular weight is 434 g/mol. The van der Waals surface area contributed by atoms with E-state index in [2.05, 4.69) is 21.9 Å². The number of aromatic nitrogens is 1. The van der Waals surface area contributed by atoms with Crippen LogP contribution in [0.1, 0.15) is 60.7 Å². The zero-order valence-corrected chi connectivity index (χ0v) is 19.0. The molecular formula is C27H35N3O2. The second kappa shape index (κ2) is 9.72. The molecule has 2 fully saturated rings. The van der Waals surface area contributed by atoms with Gasteiger partial charge in [-0.2, -0.15) is 0 Å². The van der Waals surface area contributed by atoms with E-state index in [0.717, 1.165) is 56.9 Å². The number of rotatable bonds is 7. The van der Waals surface area contributed by atoms with Gasteiger partial charge in [-0.3, -0.25) is 19.6 Å². The van der Waals surface area contributed by atoms with Crippen molar-refractivity contribution < 1.29 is 9.90 Å². The van der Waals surface area contributed by atoms with Crippen LogP contribution in [0.2, 0.25) is 0 Å². The van der Waals surface area contributed by atoms with Crippen molar-refractivity contribution in [3.8, 4) is 0 Å². The lowest BCUT2D eigenvalue weighted by Crippen LogP contribution is -2.38. The molecule has 2 aliphatic heterocycles. The molecule has 2 saturated heterocycles. The van der Waals surface area contributed by atoms with Gasteiger partial charge in [0, 0.05) is 37.1 Å². The lowest BCUT2D eigenvalue weighted by atomic mass is 9.95. The Morgan fingerprint density at radius 3 is 2.72 bits per heavy atom. The zero-order chi connectivity index (χ0) is 21.9. The maximum absolute atomic E-state index is 12.0. The molecular weight excluding hydrogens is 398 g/mol. The smallest absolute Gasteiger partial charge is 0.325 e. The molecule has 1 N–H and O–H groups in total. The van der Waals surface area contributed by atoms with Gasteiger partial charge in [-0.25, -0.2) is 0 Å². The maximum atomic E-state index is 12.0. The Bertz CT molecular complexity index is 932. The molecule has 3 aliphatic rings. The summed E-state index contributed by atoms with van der Waals surface area (Å²) in [4.78, 5) is 21.8. The third-order valence-corrected chi connectivity index (χ3v) is 7.79. The number of hydrogen-bond donors (Lipinski definition) is 1. The Hall–Kier alpha value is -2.24. The topological polar surface area (TPSA) is 56.7 Å². The average Bonchev–Trinajstić information content (AvgIpc) is 3.48. The Labute approximate surface area is 191 Å². The lowest BCUT2D eigenvalue weighted by molar-refractivity contribution is -0.143. The third kappa shape index (κ3) is 4.74. The summed E-state index contributed by atoms with van der Waals surface area (Å²) >= 11 is 0. The molecule has 1 aromatic heterocycles. The largest absolute Gasteiger partial charge is 0.480 e. The summed E-state index contributed by atoms with van der Waals surface area (Å²) in [6.07, 6.45) is 9.55. The van der Waals surface area contributed by atoms with Gasteiger partial charge in [0.25, 0.3) is 0 Å². The quantitative estimate of drug-likeness (QED) is 0.712. The molecule has 0 bridgehead atoms. The Morgan fingerprint density at radius 2 is 1.88 bits per heavy atom. The van der Waals surface area contributed by atoms with Crippen molar-refractivity contribution in [2.45, 2.75) is 63.5 Å². The summed E-state index contributed by atoms with van der Waals surface area (Å²) in [5.41, 5.74) is 4.97. The van der Waals surface area contributed by atoms with Crippen LogP contribution in [0.3, 0.4) is 0 Å². The zero-order valence-electron chi connectivity index (χ0n) is 19.0. The number of pyridine rings is 1. The predicted molar refractivity (Wildman–Crippen MR) is 126 cm³/mol. The number of nitrogens with zero attached hydrogens (tertiary/aromatic N) is 3. The highest BCUT2D eigenvalue weighted by atomic mass is 16.4. The molecule has 0 saturated carbocycles. The number of aryl methyl sites for hydroxylation is 3. The normalized spacial score (nSPS) is 25.0. The molecule has 3 heterocycles. The van der Waals surface area contributed by atoms with Crippen LogP contribution in [-0.4, -0.2) is 58.1 Å². The van der Waals surface area contributed by atoms with Crippen molar-refractivity contribution in [3.05, 3.63) is 65.0 Å². The number of benzene rings is 1. The fourth-order valence-corrected chi connectivity index (χ4v) is 5.99. The van der Waals surface area contributed by atoms with E-state index in [0.29, 0.717) is 6.04 Å². The molecule has 1 aliphatic carbocycles. The van der Waals surface area contributed by atoms with Crippen molar-refractivity contribution in [2.75, 3.05) is 26.2 Å². The van der Waals surface area contributed by atoms with Crippen molar-refractivity contribution in [3.63, 3.8) is 0 Å². The molecule has 5 heteroatoms. The minimum Gasteiger partial charge on any atom is -0.480 e. The van der Waals surface area contributed by atoms with Crippen molar-refractivity contribution in [2.24, 2.45) is 5.92 Å². The van der Waals surface area contributed by atoms with Gasteiger partial charge in [0.15, 0.2) is 0 Å². The van der Waals surface area contributed by atoms with Gasteiger partial charge in [-0.05, 0) is 81.0 Å². The SMILES string of the molecule is O=C(O)[C@@H](c1ccccc1)N1CC[C@@H](N2CC[C@@H](CCc3ccc4c(n3)CCCC4)C2)C1. The molecule has 2 aromatic rings. The Balaban J connectivity index is 1.14. The highest BCUT2D eigenvalue weighted by molar-refractivity contribution is 5.75. The molecule has 32 heavy (non-hydrogen) atoms. The van der Waals surface area contributed by atoms with Crippen LogP contribution in [0.15, 0.2) is 42.5 Å². The summed E-state index contributed by atoms with van der Waals surface area (Å²) < 4.78 is 0. The number of carboxylic acids is 1. The molecule has 5 rings (SSSR count). The standard InChI is InChI=1S/C27H35N3O2/c31-27(32)26(22-7-2-1-3-8-22)30-17-15-24(19-30)29-16-14-20(18-29)10-12-23-13-11-21-6-4-5-9-25(21)28-23/h1-3,7-8,11,13,20,24,26H,4-6,9-10,12,14-19H2,(H,31,32)/t20-,24-,26-/m1/s1. The van der Waals surface area contributed by atoms with E-state index >= 15 is 0 Å². The van der Waals surface area contributed by atoms with Crippen LogP contribution in [0.4, 0.5) is 0 Å². The van der Waals surface area contributed by atoms with Gasteiger partial charge in [-0.15, -0.1) is 0 Å². The fraction of sp³-hybridized carbons (Fsp3) is 0.556. The molecule has 5 nitrogen and oxygen atoms in total. The summed E-state index contributed by atoms with van der Waals surface area (Å²) in [6.45, 7) is 4.00. The molecule has 3 atom stereocenters. The first-order valence-electron chi connectivity index (χ1n) is 12.4. The van der Waals surface area contributed by atoms with Crippen LogP contribution < -0.4 is 0 Å². The number of aliphatic carboxylic acids is 1. The second-order valence-electron chi connectivity index (χ2n) is 9.89. The number of likely N-dealkylation sites (tertiary alicyclic amines) is 2.